The molecule has 33 heavy (non-hydrogen) atoms. The van der Waals surface area contributed by atoms with Gasteiger partial charge in [-0.1, -0.05) is 0 Å². The Labute approximate surface area is 202 Å². The van der Waals surface area contributed by atoms with Crippen molar-refractivity contribution in [1.29, 1.82) is 0 Å². The van der Waals surface area contributed by atoms with E-state index < -0.39 is 10.0 Å². The molecule has 0 aliphatic heterocycles. The first-order chi connectivity index (χ1) is 15.7. The summed E-state index contributed by atoms with van der Waals surface area (Å²) in [5.41, 5.74) is 2.30. The number of ether oxygens (including phenoxy) is 2. The Morgan fingerprint density at radius 1 is 1.06 bits per heavy atom. The second-order valence-electron chi connectivity index (χ2n) is 7.12. The Morgan fingerprint density at radius 2 is 1.70 bits per heavy atom. The second-order valence-corrected chi connectivity index (χ2v) is 11.1. The molecule has 0 radical (unpaired) electrons. The predicted molar refractivity (Wildman–Crippen MR) is 132 cm³/mol. The number of aromatic nitrogens is 1. The van der Waals surface area contributed by atoms with Crippen LogP contribution in [0.4, 0.5) is 5.13 Å². The molecule has 0 atom stereocenters. The summed E-state index contributed by atoms with van der Waals surface area (Å²) in [6.45, 7) is 0. The summed E-state index contributed by atoms with van der Waals surface area (Å²) in [5.74, 6) is 2.59. The van der Waals surface area contributed by atoms with Crippen molar-refractivity contribution < 1.29 is 22.7 Å². The number of methoxy groups -OCH3 is 2. The van der Waals surface area contributed by atoms with E-state index in [1.165, 1.54) is 49.7 Å². The summed E-state index contributed by atoms with van der Waals surface area (Å²) in [7, 11) is 2.63. The molecule has 0 unspecified atom stereocenters. The van der Waals surface area contributed by atoms with Gasteiger partial charge in [0, 0.05) is 42.6 Å². The highest BCUT2D eigenvalue weighted by molar-refractivity contribution is 7.97. The third kappa shape index (κ3) is 6.47. The summed E-state index contributed by atoms with van der Waals surface area (Å²) in [6, 6.07) is 11.6. The maximum absolute atomic E-state index is 12.5. The molecule has 1 N–H and O–H groups in total. The minimum atomic E-state index is -3.54. The number of carbonyl (C=O) groups is 1. The van der Waals surface area contributed by atoms with Crippen LogP contribution in [0.5, 0.6) is 11.5 Å². The van der Waals surface area contributed by atoms with Crippen LogP contribution < -0.4 is 14.8 Å². The summed E-state index contributed by atoms with van der Waals surface area (Å²) in [4.78, 5) is 17.1. The maximum Gasteiger partial charge on any atom is 0.257 e. The van der Waals surface area contributed by atoms with Crippen LogP contribution in [0.3, 0.4) is 0 Å². The molecule has 0 aliphatic rings. The van der Waals surface area contributed by atoms with Crippen molar-refractivity contribution in [3.63, 3.8) is 0 Å². The summed E-state index contributed by atoms with van der Waals surface area (Å²) >= 11 is 3.04. The van der Waals surface area contributed by atoms with Gasteiger partial charge in [-0.2, -0.15) is 11.8 Å². The number of nitrogens with one attached hydrogen (secondary N) is 1. The zero-order valence-electron chi connectivity index (χ0n) is 18.7. The monoisotopic (exact) mass is 507 g/mol. The number of thioether (sulfide) groups is 1. The van der Waals surface area contributed by atoms with Crippen molar-refractivity contribution in [3.8, 4) is 11.5 Å². The smallest absolute Gasteiger partial charge is 0.257 e. The van der Waals surface area contributed by atoms with Crippen molar-refractivity contribution in [1.82, 2.24) is 9.29 Å². The lowest BCUT2D eigenvalue weighted by atomic mass is 10.2. The average molecular weight is 508 g/mol. The Morgan fingerprint density at radius 3 is 2.27 bits per heavy atom. The Hall–Kier alpha value is -2.60. The van der Waals surface area contributed by atoms with Gasteiger partial charge in [-0.15, -0.1) is 11.3 Å². The average Bonchev–Trinajstić information content (AvgIpc) is 3.25. The Bertz CT molecular complexity index is 1190. The normalized spacial score (nSPS) is 11.4. The number of hydrogen-bond donors (Lipinski definition) is 1. The number of rotatable bonds is 10. The summed E-state index contributed by atoms with van der Waals surface area (Å²) in [6.07, 6.45) is 0. The highest BCUT2D eigenvalue weighted by Crippen LogP contribution is 2.27. The molecule has 176 valence electrons. The van der Waals surface area contributed by atoms with E-state index in [0.29, 0.717) is 16.4 Å². The molecular weight excluding hydrogens is 482 g/mol. The number of benzene rings is 2. The number of anilines is 1. The minimum absolute atomic E-state index is 0.131. The number of thiazole rings is 1. The second kappa shape index (κ2) is 11.0. The molecular formula is C22H25N3O5S3. The third-order valence-corrected chi connectivity index (χ3v) is 8.27. The fourth-order valence-corrected chi connectivity index (χ4v) is 5.39. The van der Waals surface area contributed by atoms with Crippen LogP contribution in [0, 0.1) is 0 Å². The third-order valence-electron chi connectivity index (χ3n) is 4.60. The van der Waals surface area contributed by atoms with Crippen LogP contribution in [0.15, 0.2) is 52.7 Å². The SMILES string of the molecule is COc1cc(CSCc2csc(NC(=O)c3ccc(S(=O)(=O)N(C)C)cc3)n2)cc(OC)c1. The van der Waals surface area contributed by atoms with Gasteiger partial charge in [0.1, 0.15) is 11.5 Å². The Kier molecular flexibility index (Phi) is 8.35. The van der Waals surface area contributed by atoms with Gasteiger partial charge in [-0.3, -0.25) is 10.1 Å². The first kappa shape index (κ1) is 25.0. The van der Waals surface area contributed by atoms with E-state index in [0.717, 1.165) is 32.8 Å². The van der Waals surface area contributed by atoms with Gasteiger partial charge in [0.25, 0.3) is 5.91 Å². The summed E-state index contributed by atoms with van der Waals surface area (Å²) in [5, 5.41) is 5.16. The van der Waals surface area contributed by atoms with E-state index in [2.05, 4.69) is 10.3 Å². The van der Waals surface area contributed by atoms with Crippen LogP contribution in [-0.4, -0.2) is 51.9 Å². The molecule has 0 fully saturated rings. The van der Waals surface area contributed by atoms with Gasteiger partial charge in [-0.25, -0.2) is 17.7 Å². The van der Waals surface area contributed by atoms with Crippen LogP contribution >= 0.6 is 23.1 Å². The van der Waals surface area contributed by atoms with Crippen LogP contribution in [0.2, 0.25) is 0 Å². The van der Waals surface area contributed by atoms with E-state index in [9.17, 15) is 13.2 Å². The lowest BCUT2D eigenvalue weighted by molar-refractivity contribution is 0.102. The fourth-order valence-electron chi connectivity index (χ4n) is 2.81. The van der Waals surface area contributed by atoms with Crippen LogP contribution in [-0.2, 0) is 21.5 Å². The van der Waals surface area contributed by atoms with Crippen molar-refractivity contribution in [2.45, 2.75) is 16.4 Å². The number of hydrogen-bond acceptors (Lipinski definition) is 8. The van der Waals surface area contributed by atoms with Crippen molar-refractivity contribution in [2.75, 3.05) is 33.6 Å². The number of sulfonamides is 1. The van der Waals surface area contributed by atoms with Crippen molar-refractivity contribution >= 4 is 44.2 Å². The molecule has 0 aliphatic carbocycles. The fraction of sp³-hybridized carbons (Fsp3) is 0.273. The molecule has 8 nitrogen and oxygen atoms in total. The Balaban J connectivity index is 1.56. The molecule has 3 aromatic rings. The van der Waals surface area contributed by atoms with E-state index in [1.807, 2.05) is 23.6 Å². The quantitative estimate of drug-likeness (QED) is 0.441. The predicted octanol–water partition coefficient (Wildman–Crippen LogP) is 4.10. The lowest BCUT2D eigenvalue weighted by Crippen LogP contribution is -2.22. The molecule has 11 heteroatoms. The van der Waals surface area contributed by atoms with E-state index in [-0.39, 0.29) is 10.8 Å². The zero-order chi connectivity index (χ0) is 24.0. The van der Waals surface area contributed by atoms with Gasteiger partial charge >= 0.3 is 0 Å². The van der Waals surface area contributed by atoms with Crippen molar-refractivity contribution in [2.24, 2.45) is 0 Å². The van der Waals surface area contributed by atoms with Gasteiger partial charge in [0.2, 0.25) is 10.0 Å². The molecule has 0 bridgehead atoms. The first-order valence-corrected chi connectivity index (χ1v) is 13.3. The van der Waals surface area contributed by atoms with E-state index >= 15 is 0 Å². The molecule has 1 amide bonds. The molecule has 2 aromatic carbocycles. The first-order valence-electron chi connectivity index (χ1n) is 9.81. The minimum Gasteiger partial charge on any atom is -0.497 e. The topological polar surface area (TPSA) is 97.8 Å². The molecule has 1 aromatic heterocycles. The lowest BCUT2D eigenvalue weighted by Gasteiger charge is -2.11. The number of nitrogens with zero attached hydrogens (tertiary/aromatic N) is 2. The molecule has 3 rings (SSSR count). The maximum atomic E-state index is 12.5. The number of carbonyl (C=O) groups excluding carboxylic acids is 1. The highest BCUT2D eigenvalue weighted by atomic mass is 32.2. The zero-order valence-corrected chi connectivity index (χ0v) is 21.1. The molecule has 0 saturated carbocycles. The van der Waals surface area contributed by atoms with Gasteiger partial charge in [0.05, 0.1) is 24.8 Å². The summed E-state index contributed by atoms with van der Waals surface area (Å²) < 4.78 is 36.0. The number of amides is 1. The van der Waals surface area contributed by atoms with Crippen LogP contribution in [0.25, 0.3) is 0 Å². The van der Waals surface area contributed by atoms with E-state index in [4.69, 9.17) is 9.47 Å². The van der Waals surface area contributed by atoms with Gasteiger partial charge in [0.15, 0.2) is 5.13 Å². The van der Waals surface area contributed by atoms with Crippen molar-refractivity contribution in [3.05, 3.63) is 64.7 Å². The van der Waals surface area contributed by atoms with Gasteiger partial charge < -0.3 is 9.47 Å². The molecule has 0 saturated heterocycles. The molecule has 0 spiro atoms. The highest BCUT2D eigenvalue weighted by Gasteiger charge is 2.18. The standard InChI is InChI=1S/C22H25N3O5S3/c1-25(2)33(27,28)20-7-5-16(6-8-20)21(26)24-22-23-17(14-32-22)13-31-12-15-9-18(29-3)11-19(10-15)30-4/h5-11,14H,12-13H2,1-4H3,(H,23,24,26). The van der Waals surface area contributed by atoms with Crippen LogP contribution in [0.1, 0.15) is 21.6 Å². The largest absolute Gasteiger partial charge is 0.497 e. The molecule has 1 heterocycles. The van der Waals surface area contributed by atoms with E-state index in [1.54, 1.807) is 26.0 Å². The van der Waals surface area contributed by atoms with Gasteiger partial charge in [-0.05, 0) is 42.0 Å².